The molecular formula is C14H22N2O4S. The first-order valence-electron chi connectivity index (χ1n) is 6.33. The minimum Gasteiger partial charge on any atom is -0.493 e. The van der Waals surface area contributed by atoms with Crippen molar-refractivity contribution in [2.75, 3.05) is 27.8 Å². The van der Waals surface area contributed by atoms with E-state index in [2.05, 4.69) is 6.58 Å². The van der Waals surface area contributed by atoms with E-state index in [-0.39, 0.29) is 18.0 Å². The summed E-state index contributed by atoms with van der Waals surface area (Å²) in [5, 5.41) is 0. The summed E-state index contributed by atoms with van der Waals surface area (Å²) in [6.07, 6.45) is 0. The van der Waals surface area contributed by atoms with Gasteiger partial charge in [0.2, 0.25) is 10.0 Å². The third-order valence-corrected chi connectivity index (χ3v) is 4.73. The monoisotopic (exact) mass is 314 g/mol. The van der Waals surface area contributed by atoms with Gasteiger partial charge in [0.1, 0.15) is 0 Å². The molecule has 0 bridgehead atoms. The van der Waals surface area contributed by atoms with Gasteiger partial charge in [0.25, 0.3) is 0 Å². The molecule has 1 aromatic carbocycles. The molecule has 2 N–H and O–H groups in total. The molecule has 0 fully saturated rings. The molecule has 0 saturated heterocycles. The number of rotatable bonds is 7. The zero-order chi connectivity index (χ0) is 16.2. The molecule has 6 nitrogen and oxygen atoms in total. The van der Waals surface area contributed by atoms with E-state index in [0.29, 0.717) is 17.1 Å². The average molecular weight is 314 g/mol. The largest absolute Gasteiger partial charge is 0.493 e. The first-order valence-corrected chi connectivity index (χ1v) is 7.77. The Morgan fingerprint density at radius 2 is 1.95 bits per heavy atom. The summed E-state index contributed by atoms with van der Waals surface area (Å²) in [7, 11) is 0.795. The van der Waals surface area contributed by atoms with Gasteiger partial charge in [0.15, 0.2) is 11.5 Å². The Morgan fingerprint density at radius 1 is 1.33 bits per heavy atom. The van der Waals surface area contributed by atoms with Crippen LogP contribution in [0.4, 0.5) is 0 Å². The minimum atomic E-state index is -3.64. The maximum atomic E-state index is 12.6. The van der Waals surface area contributed by atoms with E-state index in [4.69, 9.17) is 15.2 Å². The van der Waals surface area contributed by atoms with E-state index in [9.17, 15) is 8.42 Å². The second kappa shape index (κ2) is 6.93. The fourth-order valence-corrected chi connectivity index (χ4v) is 3.26. The van der Waals surface area contributed by atoms with Gasteiger partial charge < -0.3 is 15.2 Å². The van der Waals surface area contributed by atoms with Crippen LogP contribution in [0.2, 0.25) is 0 Å². The molecule has 1 rings (SSSR count). The highest BCUT2D eigenvalue weighted by Crippen LogP contribution is 2.34. The van der Waals surface area contributed by atoms with Crippen LogP contribution in [0.1, 0.15) is 12.5 Å². The van der Waals surface area contributed by atoms with E-state index in [1.807, 2.05) is 0 Å². The lowest BCUT2D eigenvalue weighted by Gasteiger charge is -2.19. The van der Waals surface area contributed by atoms with Crippen molar-refractivity contribution in [2.24, 2.45) is 5.73 Å². The normalized spacial score (nSPS) is 11.5. The first kappa shape index (κ1) is 17.5. The van der Waals surface area contributed by atoms with Crippen LogP contribution in [0, 0.1) is 0 Å². The molecule has 0 heterocycles. The standard InChI is InChI=1S/C14H22N2O4S/c1-10(2)9-16(3)21(17,18)12-6-11(8-15)14(20-5)13(7-12)19-4/h6-7H,1,8-9,15H2,2-5H3. The van der Waals surface area contributed by atoms with Gasteiger partial charge in [-0.15, -0.1) is 0 Å². The van der Waals surface area contributed by atoms with E-state index in [1.54, 1.807) is 6.92 Å². The molecule has 0 aromatic heterocycles. The molecule has 21 heavy (non-hydrogen) atoms. The molecule has 0 aliphatic rings. The van der Waals surface area contributed by atoms with Crippen molar-refractivity contribution in [3.05, 3.63) is 29.8 Å². The fraction of sp³-hybridized carbons (Fsp3) is 0.429. The highest BCUT2D eigenvalue weighted by Gasteiger charge is 2.24. The molecule has 0 aliphatic carbocycles. The fourth-order valence-electron chi connectivity index (χ4n) is 1.96. The van der Waals surface area contributed by atoms with Gasteiger partial charge >= 0.3 is 0 Å². The van der Waals surface area contributed by atoms with Crippen LogP contribution < -0.4 is 15.2 Å². The van der Waals surface area contributed by atoms with E-state index >= 15 is 0 Å². The molecular weight excluding hydrogens is 292 g/mol. The number of hydrogen-bond acceptors (Lipinski definition) is 5. The number of nitrogens with two attached hydrogens (primary N) is 1. The van der Waals surface area contributed by atoms with Crippen molar-refractivity contribution in [1.82, 2.24) is 4.31 Å². The minimum absolute atomic E-state index is 0.115. The maximum Gasteiger partial charge on any atom is 0.243 e. The lowest BCUT2D eigenvalue weighted by molar-refractivity contribution is 0.350. The molecule has 7 heteroatoms. The second-order valence-electron chi connectivity index (χ2n) is 4.74. The summed E-state index contributed by atoms with van der Waals surface area (Å²) >= 11 is 0. The van der Waals surface area contributed by atoms with Crippen LogP contribution in [-0.4, -0.2) is 40.5 Å². The van der Waals surface area contributed by atoms with Gasteiger partial charge in [0.05, 0.1) is 19.1 Å². The van der Waals surface area contributed by atoms with Crippen molar-refractivity contribution in [1.29, 1.82) is 0 Å². The molecule has 1 aromatic rings. The van der Waals surface area contributed by atoms with Crippen molar-refractivity contribution >= 4 is 10.0 Å². The summed E-state index contributed by atoms with van der Waals surface area (Å²) in [6.45, 7) is 5.89. The van der Waals surface area contributed by atoms with Crippen molar-refractivity contribution < 1.29 is 17.9 Å². The van der Waals surface area contributed by atoms with Gasteiger partial charge in [-0.1, -0.05) is 12.2 Å². The highest BCUT2D eigenvalue weighted by atomic mass is 32.2. The smallest absolute Gasteiger partial charge is 0.243 e. The Hall–Kier alpha value is -1.57. The summed E-state index contributed by atoms with van der Waals surface area (Å²) in [5.74, 6) is 0.782. The molecule has 118 valence electrons. The van der Waals surface area contributed by atoms with Gasteiger partial charge in [-0.2, -0.15) is 4.31 Å². The quantitative estimate of drug-likeness (QED) is 0.769. The lowest BCUT2D eigenvalue weighted by Crippen LogP contribution is -2.28. The topological polar surface area (TPSA) is 81.9 Å². The number of methoxy groups -OCH3 is 2. The van der Waals surface area contributed by atoms with E-state index < -0.39 is 10.0 Å². The molecule has 0 spiro atoms. The average Bonchev–Trinajstić information content (AvgIpc) is 2.44. The summed E-state index contributed by atoms with van der Waals surface area (Å²) in [4.78, 5) is 0.115. The van der Waals surface area contributed by atoms with Gasteiger partial charge in [-0.3, -0.25) is 0 Å². The van der Waals surface area contributed by atoms with Crippen molar-refractivity contribution in [2.45, 2.75) is 18.4 Å². The second-order valence-corrected chi connectivity index (χ2v) is 6.79. The molecule has 0 atom stereocenters. The molecule has 0 aliphatic heterocycles. The van der Waals surface area contributed by atoms with Gasteiger partial charge in [0, 0.05) is 31.8 Å². The van der Waals surface area contributed by atoms with Crippen LogP contribution in [0.15, 0.2) is 29.2 Å². The van der Waals surface area contributed by atoms with Crippen LogP contribution in [0.3, 0.4) is 0 Å². The maximum absolute atomic E-state index is 12.6. The summed E-state index contributed by atoms with van der Waals surface area (Å²) in [5.41, 5.74) is 6.98. The first-order chi connectivity index (χ1) is 9.77. The summed E-state index contributed by atoms with van der Waals surface area (Å²) < 4.78 is 36.8. The van der Waals surface area contributed by atoms with Gasteiger partial charge in [-0.05, 0) is 13.0 Å². The summed E-state index contributed by atoms with van der Waals surface area (Å²) in [6, 6.07) is 2.94. The zero-order valence-electron chi connectivity index (χ0n) is 12.8. The zero-order valence-corrected chi connectivity index (χ0v) is 13.7. The van der Waals surface area contributed by atoms with Gasteiger partial charge in [-0.25, -0.2) is 8.42 Å². The van der Waals surface area contributed by atoms with Crippen LogP contribution in [0.25, 0.3) is 0 Å². The highest BCUT2D eigenvalue weighted by molar-refractivity contribution is 7.89. The lowest BCUT2D eigenvalue weighted by atomic mass is 10.2. The number of likely N-dealkylation sites (N-methyl/N-ethyl adjacent to an activating group) is 1. The Balaban J connectivity index is 3.39. The van der Waals surface area contributed by atoms with Crippen molar-refractivity contribution in [3.8, 4) is 11.5 Å². The number of hydrogen-bond donors (Lipinski definition) is 1. The predicted octanol–water partition coefficient (Wildman–Crippen LogP) is 1.36. The van der Waals surface area contributed by atoms with Crippen LogP contribution >= 0.6 is 0 Å². The Morgan fingerprint density at radius 3 is 2.38 bits per heavy atom. The Kier molecular flexibility index (Phi) is 5.77. The number of benzene rings is 1. The predicted molar refractivity (Wildman–Crippen MR) is 82.1 cm³/mol. The van der Waals surface area contributed by atoms with Crippen LogP contribution in [0.5, 0.6) is 11.5 Å². The van der Waals surface area contributed by atoms with E-state index in [0.717, 1.165) is 5.57 Å². The van der Waals surface area contributed by atoms with Crippen LogP contribution in [-0.2, 0) is 16.6 Å². The molecule has 0 unspecified atom stereocenters. The molecule has 0 amide bonds. The SMILES string of the molecule is C=C(C)CN(C)S(=O)(=O)c1cc(CN)c(OC)c(OC)c1. The Bertz CT molecular complexity index is 601. The number of ether oxygens (including phenoxy) is 2. The van der Waals surface area contributed by atoms with E-state index in [1.165, 1.54) is 37.7 Å². The van der Waals surface area contributed by atoms with Crippen molar-refractivity contribution in [3.63, 3.8) is 0 Å². The number of nitrogens with zero attached hydrogens (tertiary/aromatic N) is 1. The Labute approximate surface area is 126 Å². The molecule has 0 radical (unpaired) electrons. The molecule has 0 saturated carbocycles. The third kappa shape index (κ3) is 3.75. The third-order valence-electron chi connectivity index (χ3n) is 2.95. The number of sulfonamides is 1.